The summed E-state index contributed by atoms with van der Waals surface area (Å²) in [7, 11) is 0. The number of carbonyl (C=O) groups is 1. The number of nitrogens with one attached hydrogen (secondary N) is 1. The number of aromatic carboxylic acids is 1. The van der Waals surface area contributed by atoms with Gasteiger partial charge in [-0.3, -0.25) is 0 Å². The van der Waals surface area contributed by atoms with Crippen LogP contribution in [0.2, 0.25) is 5.15 Å². The van der Waals surface area contributed by atoms with Crippen LogP contribution >= 0.6 is 11.6 Å². The van der Waals surface area contributed by atoms with Crippen LogP contribution < -0.4 is 15.0 Å². The molecule has 1 aliphatic heterocycles. The van der Waals surface area contributed by atoms with Crippen molar-refractivity contribution >= 4 is 40.1 Å². The predicted molar refractivity (Wildman–Crippen MR) is 127 cm³/mol. The highest BCUT2D eigenvalue weighted by atomic mass is 35.5. The number of carboxylic acids is 1. The number of nitriles is 1. The summed E-state index contributed by atoms with van der Waals surface area (Å²) in [6, 6.07) is 8.44. The molecule has 0 bridgehead atoms. The highest BCUT2D eigenvalue weighted by Crippen LogP contribution is 2.33. The monoisotopic (exact) mass is 482 g/mol. The maximum atomic E-state index is 11.7. The lowest BCUT2D eigenvalue weighted by Crippen LogP contribution is -2.37. The van der Waals surface area contributed by atoms with Crippen LogP contribution in [0.1, 0.15) is 41.6 Å². The Morgan fingerprint density at radius 1 is 1.32 bits per heavy atom. The van der Waals surface area contributed by atoms with Gasteiger partial charge in [-0.1, -0.05) is 11.6 Å². The van der Waals surface area contributed by atoms with Gasteiger partial charge >= 0.3 is 5.97 Å². The van der Waals surface area contributed by atoms with Crippen molar-refractivity contribution < 1.29 is 19.4 Å². The molecule has 34 heavy (non-hydrogen) atoms. The van der Waals surface area contributed by atoms with E-state index in [1.54, 1.807) is 12.1 Å². The van der Waals surface area contributed by atoms with Crippen LogP contribution in [0.15, 0.2) is 24.3 Å². The van der Waals surface area contributed by atoms with E-state index in [0.717, 1.165) is 5.56 Å². The molecule has 3 aromatic rings. The van der Waals surface area contributed by atoms with Gasteiger partial charge in [0.1, 0.15) is 17.0 Å². The fraction of sp³-hybridized carbons (Fsp3) is 0.348. The molecular weight excluding hydrogens is 460 g/mol. The highest BCUT2D eigenvalue weighted by Gasteiger charge is 2.23. The largest absolute Gasteiger partial charge is 0.494 e. The molecule has 4 rings (SSSR count). The van der Waals surface area contributed by atoms with Crippen molar-refractivity contribution in [3.8, 4) is 11.8 Å². The minimum absolute atomic E-state index is 0.0875. The molecule has 2 aromatic heterocycles. The lowest BCUT2D eigenvalue weighted by molar-refractivity contribution is 0.0691. The molecule has 0 saturated carbocycles. The van der Waals surface area contributed by atoms with E-state index < -0.39 is 12.0 Å². The molecule has 1 aliphatic rings. The van der Waals surface area contributed by atoms with Gasteiger partial charge in [0, 0.05) is 24.7 Å². The van der Waals surface area contributed by atoms with Gasteiger partial charge in [0.25, 0.3) is 0 Å². The minimum atomic E-state index is -1.20. The fourth-order valence-electron chi connectivity index (χ4n) is 3.83. The predicted octanol–water partition coefficient (Wildman–Crippen LogP) is 3.66. The third-order valence-corrected chi connectivity index (χ3v) is 5.59. The zero-order valence-corrected chi connectivity index (χ0v) is 19.5. The molecular formula is C23H23ClN6O4. The van der Waals surface area contributed by atoms with E-state index in [9.17, 15) is 15.2 Å². The first-order chi connectivity index (χ1) is 16.4. The molecule has 0 unspecified atom stereocenters. The summed E-state index contributed by atoms with van der Waals surface area (Å²) in [6.07, 6.45) is 0. The van der Waals surface area contributed by atoms with Gasteiger partial charge in [-0.15, -0.1) is 0 Å². The van der Waals surface area contributed by atoms with Crippen LogP contribution in [0.5, 0.6) is 5.75 Å². The molecule has 1 aromatic carbocycles. The number of benzene rings is 1. The third-order valence-electron chi connectivity index (χ3n) is 5.38. The number of morpholine rings is 1. The maximum Gasteiger partial charge on any atom is 0.356 e. The Bertz CT molecular complexity index is 1270. The van der Waals surface area contributed by atoms with E-state index in [2.05, 4.69) is 21.4 Å². The summed E-state index contributed by atoms with van der Waals surface area (Å²) < 4.78 is 11.2. The Labute approximate surface area is 201 Å². The zero-order chi connectivity index (χ0) is 24.2. The number of hydrogen-bond acceptors (Lipinski definition) is 9. The molecule has 0 amide bonds. The van der Waals surface area contributed by atoms with Crippen molar-refractivity contribution in [2.45, 2.75) is 19.9 Å². The van der Waals surface area contributed by atoms with Crippen LogP contribution in [0, 0.1) is 11.3 Å². The number of fused-ring (bicyclic) bond motifs is 1. The molecule has 1 saturated heterocycles. The Morgan fingerprint density at radius 3 is 2.76 bits per heavy atom. The number of halogens is 1. The first-order valence-electron chi connectivity index (χ1n) is 10.8. The van der Waals surface area contributed by atoms with Crippen molar-refractivity contribution in [1.29, 1.82) is 5.26 Å². The average molecular weight is 483 g/mol. The van der Waals surface area contributed by atoms with Gasteiger partial charge in [0.05, 0.1) is 42.6 Å². The average Bonchev–Trinajstić information content (AvgIpc) is 2.84. The molecule has 0 radical (unpaired) electrons. The van der Waals surface area contributed by atoms with Crippen LogP contribution in [0.25, 0.3) is 11.0 Å². The van der Waals surface area contributed by atoms with E-state index in [4.69, 9.17) is 26.1 Å². The number of aromatic nitrogens is 3. The second-order valence-electron chi connectivity index (χ2n) is 7.62. The van der Waals surface area contributed by atoms with Crippen LogP contribution in [-0.4, -0.2) is 58.9 Å². The van der Waals surface area contributed by atoms with Crippen LogP contribution in [0.4, 0.5) is 11.5 Å². The Hall–Kier alpha value is -3.68. The number of pyridine rings is 1. The summed E-state index contributed by atoms with van der Waals surface area (Å²) in [4.78, 5) is 27.0. The normalized spacial score (nSPS) is 14.5. The zero-order valence-electron chi connectivity index (χ0n) is 18.7. The SMILES string of the molecule is CCOc1cc([C@@H](C)Nc2ccc(Cl)nc2C(=O)O)c2nc(N3CCOCC3)c(C#N)nc2c1. The minimum Gasteiger partial charge on any atom is -0.494 e. The molecule has 176 valence electrons. The van der Waals surface area contributed by atoms with Crippen LogP contribution in [0.3, 0.4) is 0 Å². The molecule has 0 spiro atoms. The quantitative estimate of drug-likeness (QED) is 0.480. The highest BCUT2D eigenvalue weighted by molar-refractivity contribution is 6.29. The summed E-state index contributed by atoms with van der Waals surface area (Å²) in [5, 5.41) is 22.6. The number of hydrogen-bond donors (Lipinski definition) is 2. The standard InChI is InChI=1S/C23H23ClN6O4/c1-3-34-14-10-15(13(2)26-16-4-5-19(24)28-21(16)23(31)32)20-17(11-14)27-18(12-25)22(29-20)30-6-8-33-9-7-30/h4-5,10-11,13,26H,3,6-9H2,1-2H3,(H,31,32)/t13-/m1/s1. The van der Waals surface area contributed by atoms with Gasteiger partial charge in [-0.2, -0.15) is 5.26 Å². The molecule has 1 atom stereocenters. The summed E-state index contributed by atoms with van der Waals surface area (Å²) >= 11 is 5.89. The van der Waals surface area contributed by atoms with Crippen molar-refractivity contribution in [2.24, 2.45) is 0 Å². The first-order valence-corrected chi connectivity index (χ1v) is 11.2. The molecule has 1 fully saturated rings. The molecule has 3 heterocycles. The molecule has 10 nitrogen and oxygen atoms in total. The molecule has 11 heteroatoms. The van der Waals surface area contributed by atoms with E-state index >= 15 is 0 Å². The van der Waals surface area contributed by atoms with E-state index in [-0.39, 0.29) is 16.5 Å². The molecule has 2 N–H and O–H groups in total. The number of ether oxygens (including phenoxy) is 2. The van der Waals surface area contributed by atoms with Crippen molar-refractivity contribution in [3.05, 3.63) is 46.4 Å². The van der Waals surface area contributed by atoms with Crippen molar-refractivity contribution in [2.75, 3.05) is 43.1 Å². The lowest BCUT2D eigenvalue weighted by atomic mass is 10.0. The maximum absolute atomic E-state index is 11.7. The number of rotatable bonds is 7. The van der Waals surface area contributed by atoms with Gasteiger partial charge in [-0.05, 0) is 32.0 Å². The smallest absolute Gasteiger partial charge is 0.356 e. The fourth-order valence-corrected chi connectivity index (χ4v) is 3.97. The Morgan fingerprint density at radius 2 is 2.09 bits per heavy atom. The second kappa shape index (κ2) is 10.1. The van der Waals surface area contributed by atoms with E-state index in [1.807, 2.05) is 24.8 Å². The van der Waals surface area contributed by atoms with Crippen molar-refractivity contribution in [1.82, 2.24) is 15.0 Å². The van der Waals surface area contributed by atoms with Gasteiger partial charge < -0.3 is 24.8 Å². The first kappa shape index (κ1) is 23.5. The van der Waals surface area contributed by atoms with Gasteiger partial charge in [0.2, 0.25) is 0 Å². The van der Waals surface area contributed by atoms with Crippen LogP contribution in [-0.2, 0) is 4.74 Å². The number of carboxylic acid groups (broad SMARTS) is 1. The van der Waals surface area contributed by atoms with Gasteiger partial charge in [-0.25, -0.2) is 19.7 Å². The van der Waals surface area contributed by atoms with Crippen molar-refractivity contribution in [3.63, 3.8) is 0 Å². The van der Waals surface area contributed by atoms with Gasteiger partial charge in [0.15, 0.2) is 17.2 Å². The van der Waals surface area contributed by atoms with E-state index in [1.165, 1.54) is 6.07 Å². The number of nitrogens with zero attached hydrogens (tertiary/aromatic N) is 5. The number of anilines is 2. The Balaban J connectivity index is 1.83. The van der Waals surface area contributed by atoms with E-state index in [0.29, 0.717) is 61.2 Å². The second-order valence-corrected chi connectivity index (χ2v) is 8.01. The molecule has 0 aliphatic carbocycles. The summed E-state index contributed by atoms with van der Waals surface area (Å²) in [6.45, 7) is 6.49. The summed E-state index contributed by atoms with van der Waals surface area (Å²) in [5.41, 5.74) is 2.19. The summed E-state index contributed by atoms with van der Waals surface area (Å²) in [5.74, 6) is -0.128. The third kappa shape index (κ3) is 4.81. The Kier molecular flexibility index (Phi) is 6.95. The lowest BCUT2D eigenvalue weighted by Gasteiger charge is -2.28. The topological polar surface area (TPSA) is 133 Å².